The molecule has 0 bridgehead atoms. The molecule has 7 heteroatoms. The first-order chi connectivity index (χ1) is 8.97. The van der Waals surface area contributed by atoms with E-state index < -0.39 is 0 Å². The van der Waals surface area contributed by atoms with Crippen molar-refractivity contribution in [1.29, 1.82) is 0 Å². The minimum absolute atomic E-state index is 0.0763. The van der Waals surface area contributed by atoms with E-state index in [9.17, 15) is 4.79 Å². The summed E-state index contributed by atoms with van der Waals surface area (Å²) >= 11 is 3.20. The topological polar surface area (TPSA) is 83.8 Å². The number of hydrogen-bond donors (Lipinski definition) is 2. The minimum atomic E-state index is -0.223. The van der Waals surface area contributed by atoms with Crippen LogP contribution in [0.3, 0.4) is 0 Å². The van der Waals surface area contributed by atoms with E-state index >= 15 is 0 Å². The quantitative estimate of drug-likeness (QED) is 0.902. The lowest BCUT2D eigenvalue weighted by atomic mass is 10.1. The Hall–Kier alpha value is -1.63. The van der Waals surface area contributed by atoms with E-state index in [1.54, 1.807) is 6.07 Å². The number of hydrogen-bond acceptors (Lipinski definition) is 4. The molecule has 0 aliphatic rings. The van der Waals surface area contributed by atoms with Gasteiger partial charge in [-0.15, -0.1) is 0 Å². The molecule has 0 saturated heterocycles. The lowest BCUT2D eigenvalue weighted by Gasteiger charge is -2.10. The van der Waals surface area contributed by atoms with Gasteiger partial charge in [0, 0.05) is 17.3 Å². The standard InChI is InChI=1S/C12H15BrN4O2/c1-6-9(7(2)16-15-6)4-12(18)14-8(3)10-5-11(13)17-19-10/h5,8H,4H2,1-3H3,(H,14,18)(H,15,16)/t8-/m1/s1. The van der Waals surface area contributed by atoms with Crippen molar-refractivity contribution in [1.82, 2.24) is 20.7 Å². The third-order valence-electron chi connectivity index (χ3n) is 2.92. The molecule has 2 rings (SSSR count). The number of aromatic amines is 1. The van der Waals surface area contributed by atoms with Crippen LogP contribution in [0.25, 0.3) is 0 Å². The van der Waals surface area contributed by atoms with Crippen molar-refractivity contribution < 1.29 is 9.32 Å². The van der Waals surface area contributed by atoms with Crippen LogP contribution in [-0.4, -0.2) is 21.3 Å². The van der Waals surface area contributed by atoms with Crippen LogP contribution >= 0.6 is 15.9 Å². The van der Waals surface area contributed by atoms with Gasteiger partial charge in [0.25, 0.3) is 0 Å². The van der Waals surface area contributed by atoms with Gasteiger partial charge in [0.05, 0.1) is 18.2 Å². The zero-order valence-corrected chi connectivity index (χ0v) is 12.5. The average molecular weight is 327 g/mol. The molecule has 0 aliphatic carbocycles. The van der Waals surface area contributed by atoms with Gasteiger partial charge < -0.3 is 9.84 Å². The molecular weight excluding hydrogens is 312 g/mol. The van der Waals surface area contributed by atoms with E-state index in [-0.39, 0.29) is 11.9 Å². The Labute approximate surface area is 119 Å². The molecule has 1 atom stereocenters. The minimum Gasteiger partial charge on any atom is -0.358 e. The highest BCUT2D eigenvalue weighted by molar-refractivity contribution is 9.10. The molecule has 19 heavy (non-hydrogen) atoms. The van der Waals surface area contributed by atoms with Crippen molar-refractivity contribution in [3.8, 4) is 0 Å². The van der Waals surface area contributed by atoms with Crippen LogP contribution in [0.4, 0.5) is 0 Å². The molecule has 1 amide bonds. The molecule has 0 saturated carbocycles. The molecule has 2 aromatic rings. The molecular formula is C12H15BrN4O2. The number of nitrogens with zero attached hydrogens (tertiary/aromatic N) is 2. The zero-order valence-electron chi connectivity index (χ0n) is 11.0. The van der Waals surface area contributed by atoms with E-state index in [4.69, 9.17) is 4.52 Å². The van der Waals surface area contributed by atoms with Gasteiger partial charge in [-0.1, -0.05) is 5.16 Å². The highest BCUT2D eigenvalue weighted by Gasteiger charge is 2.16. The van der Waals surface area contributed by atoms with Gasteiger partial charge in [-0.25, -0.2) is 0 Å². The molecule has 0 aromatic carbocycles. The predicted octanol–water partition coefficient (Wildman–Crippen LogP) is 2.20. The van der Waals surface area contributed by atoms with Gasteiger partial charge in [0.2, 0.25) is 5.91 Å². The van der Waals surface area contributed by atoms with Gasteiger partial charge in [0.1, 0.15) is 4.60 Å². The van der Waals surface area contributed by atoms with Crippen molar-refractivity contribution in [3.63, 3.8) is 0 Å². The number of rotatable bonds is 4. The van der Waals surface area contributed by atoms with E-state index in [2.05, 4.69) is 36.6 Å². The summed E-state index contributed by atoms with van der Waals surface area (Å²) in [4.78, 5) is 12.0. The first kappa shape index (κ1) is 13.8. The maximum absolute atomic E-state index is 12.0. The lowest BCUT2D eigenvalue weighted by molar-refractivity contribution is -0.121. The molecule has 0 unspecified atom stereocenters. The van der Waals surface area contributed by atoms with Gasteiger partial charge in [-0.3, -0.25) is 9.89 Å². The summed E-state index contributed by atoms with van der Waals surface area (Å²) < 4.78 is 5.70. The third-order valence-corrected chi connectivity index (χ3v) is 3.30. The molecule has 2 heterocycles. The number of aryl methyl sites for hydroxylation is 2. The Balaban J connectivity index is 1.98. The monoisotopic (exact) mass is 326 g/mol. The number of halogens is 1. The number of nitrogens with one attached hydrogen (secondary N) is 2. The van der Waals surface area contributed by atoms with Gasteiger partial charge in [-0.05, 0) is 36.7 Å². The predicted molar refractivity (Wildman–Crippen MR) is 72.5 cm³/mol. The fourth-order valence-electron chi connectivity index (χ4n) is 1.83. The van der Waals surface area contributed by atoms with Crippen LogP contribution in [0.2, 0.25) is 0 Å². The molecule has 0 radical (unpaired) electrons. The highest BCUT2D eigenvalue weighted by Crippen LogP contribution is 2.17. The Morgan fingerprint density at radius 1 is 1.58 bits per heavy atom. The molecule has 0 spiro atoms. The second-order valence-electron chi connectivity index (χ2n) is 4.43. The molecule has 0 fully saturated rings. The summed E-state index contributed by atoms with van der Waals surface area (Å²) in [5.41, 5.74) is 2.70. The summed E-state index contributed by atoms with van der Waals surface area (Å²) in [7, 11) is 0. The molecule has 2 N–H and O–H groups in total. The van der Waals surface area contributed by atoms with Crippen molar-refractivity contribution in [2.24, 2.45) is 0 Å². The number of carbonyl (C=O) groups excluding carboxylic acids is 1. The van der Waals surface area contributed by atoms with Crippen molar-refractivity contribution in [3.05, 3.63) is 33.4 Å². The number of aromatic nitrogens is 3. The summed E-state index contributed by atoms with van der Waals surface area (Å²) in [5.74, 6) is 0.536. The fraction of sp³-hybridized carbons (Fsp3) is 0.417. The second kappa shape index (κ2) is 5.56. The van der Waals surface area contributed by atoms with Gasteiger partial charge >= 0.3 is 0 Å². The van der Waals surface area contributed by atoms with Crippen molar-refractivity contribution in [2.75, 3.05) is 0 Å². The van der Waals surface area contributed by atoms with E-state index in [1.807, 2.05) is 20.8 Å². The number of H-pyrrole nitrogens is 1. The smallest absolute Gasteiger partial charge is 0.225 e. The maximum Gasteiger partial charge on any atom is 0.225 e. The molecule has 102 valence electrons. The Bertz CT molecular complexity index is 571. The summed E-state index contributed by atoms with van der Waals surface area (Å²) in [6.07, 6.45) is 0.299. The van der Waals surface area contributed by atoms with E-state index in [0.717, 1.165) is 17.0 Å². The first-order valence-electron chi connectivity index (χ1n) is 5.89. The van der Waals surface area contributed by atoms with Crippen molar-refractivity contribution in [2.45, 2.75) is 33.2 Å². The SMILES string of the molecule is Cc1n[nH]c(C)c1CC(=O)N[C@H](C)c1cc(Br)no1. The normalized spacial score (nSPS) is 12.4. The zero-order chi connectivity index (χ0) is 14.0. The summed E-state index contributed by atoms with van der Waals surface area (Å²) in [5, 5.41) is 13.5. The molecule has 2 aromatic heterocycles. The molecule has 0 aliphatic heterocycles. The van der Waals surface area contributed by atoms with Gasteiger partial charge in [-0.2, -0.15) is 5.10 Å². The van der Waals surface area contributed by atoms with Crippen LogP contribution in [0.15, 0.2) is 15.2 Å². The van der Waals surface area contributed by atoms with Crippen LogP contribution < -0.4 is 5.32 Å². The maximum atomic E-state index is 12.0. The van der Waals surface area contributed by atoms with Gasteiger partial charge in [0.15, 0.2) is 5.76 Å². The Kier molecular flexibility index (Phi) is 4.04. The van der Waals surface area contributed by atoms with Crippen LogP contribution in [0.1, 0.15) is 35.7 Å². The number of amides is 1. The number of carbonyl (C=O) groups is 1. The highest BCUT2D eigenvalue weighted by atomic mass is 79.9. The Morgan fingerprint density at radius 3 is 2.84 bits per heavy atom. The third kappa shape index (κ3) is 3.23. The fourth-order valence-corrected chi connectivity index (χ4v) is 2.13. The Morgan fingerprint density at radius 2 is 2.32 bits per heavy atom. The van der Waals surface area contributed by atoms with E-state index in [1.165, 1.54) is 0 Å². The van der Waals surface area contributed by atoms with Crippen LogP contribution in [0, 0.1) is 13.8 Å². The first-order valence-corrected chi connectivity index (χ1v) is 6.68. The molecule has 6 nitrogen and oxygen atoms in total. The largest absolute Gasteiger partial charge is 0.358 e. The van der Waals surface area contributed by atoms with E-state index in [0.29, 0.717) is 16.8 Å². The van der Waals surface area contributed by atoms with Crippen molar-refractivity contribution >= 4 is 21.8 Å². The lowest BCUT2D eigenvalue weighted by Crippen LogP contribution is -2.28. The van der Waals surface area contributed by atoms with Crippen LogP contribution in [-0.2, 0) is 11.2 Å². The van der Waals surface area contributed by atoms with Crippen LogP contribution in [0.5, 0.6) is 0 Å². The summed E-state index contributed by atoms with van der Waals surface area (Å²) in [6.45, 7) is 5.63. The average Bonchev–Trinajstić information content (AvgIpc) is 2.90. The second-order valence-corrected chi connectivity index (χ2v) is 5.24. The summed E-state index contributed by atoms with van der Waals surface area (Å²) in [6, 6.07) is 1.51.